The lowest BCUT2D eigenvalue weighted by Gasteiger charge is -2.28. The Morgan fingerprint density at radius 3 is 2.50 bits per heavy atom. The lowest BCUT2D eigenvalue weighted by Crippen LogP contribution is -2.42. The monoisotopic (exact) mass is 575 g/mol. The minimum absolute atomic E-state index is 0.0607. The molecule has 4 amide bonds. The van der Waals surface area contributed by atoms with Gasteiger partial charge in [0, 0.05) is 11.3 Å². The van der Waals surface area contributed by atoms with Crippen LogP contribution in [0, 0.1) is 0 Å². The van der Waals surface area contributed by atoms with Crippen molar-refractivity contribution in [3.63, 3.8) is 0 Å². The highest BCUT2D eigenvalue weighted by molar-refractivity contribution is 8.19. The van der Waals surface area contributed by atoms with E-state index in [1.165, 1.54) is 18.2 Å². The third-order valence-corrected chi connectivity index (χ3v) is 8.06. The summed E-state index contributed by atoms with van der Waals surface area (Å²) in [6.07, 6.45) is -1.10. The van der Waals surface area contributed by atoms with Crippen molar-refractivity contribution in [1.29, 1.82) is 0 Å². The van der Waals surface area contributed by atoms with E-state index in [0.717, 1.165) is 23.9 Å². The number of anilines is 2. The Hall–Kier alpha value is -2.80. The number of carbonyl (C=O) groups is 3. The van der Waals surface area contributed by atoms with Crippen molar-refractivity contribution in [3.05, 3.63) is 78.9 Å². The fourth-order valence-electron chi connectivity index (χ4n) is 3.42. The molecular formula is C22H14Cl2F3N3O4S2. The Balaban J connectivity index is 1.50. The Labute approximate surface area is 219 Å². The summed E-state index contributed by atoms with van der Waals surface area (Å²) in [5, 5.41) is 2.31. The first-order valence-corrected chi connectivity index (χ1v) is 12.8. The smallest absolute Gasteiger partial charge is 0.307 e. The van der Waals surface area contributed by atoms with E-state index in [1.54, 1.807) is 12.2 Å². The van der Waals surface area contributed by atoms with Gasteiger partial charge in [-0.2, -0.15) is 13.2 Å². The zero-order valence-electron chi connectivity index (χ0n) is 17.8. The quantitative estimate of drug-likeness (QED) is 0.440. The molecule has 7 nitrogen and oxygen atoms in total. The van der Waals surface area contributed by atoms with E-state index in [0.29, 0.717) is 26.0 Å². The summed E-state index contributed by atoms with van der Waals surface area (Å²) >= 11 is 13.2. The van der Waals surface area contributed by atoms with Crippen LogP contribution in [0.4, 0.5) is 29.3 Å². The second-order valence-corrected chi connectivity index (χ2v) is 11.0. The zero-order chi connectivity index (χ0) is 26.2. The number of hydrogen-bond acceptors (Lipinski definition) is 5. The van der Waals surface area contributed by atoms with Crippen LogP contribution in [0.3, 0.4) is 0 Å². The molecule has 0 radical (unpaired) electrons. The summed E-state index contributed by atoms with van der Waals surface area (Å²) in [6.45, 7) is 0. The van der Waals surface area contributed by atoms with Crippen LogP contribution in [0.25, 0.3) is 0 Å². The maximum Gasteiger partial charge on any atom is 0.416 e. The number of imide groups is 1. The lowest BCUT2D eigenvalue weighted by atomic mass is 9.95. The minimum Gasteiger partial charge on any atom is -0.307 e. The van der Waals surface area contributed by atoms with Crippen LogP contribution >= 0.6 is 35.0 Å². The Bertz CT molecular complexity index is 1380. The van der Waals surface area contributed by atoms with E-state index >= 15 is 0 Å². The second kappa shape index (κ2) is 10.3. The van der Waals surface area contributed by atoms with Gasteiger partial charge >= 0.3 is 12.2 Å². The topological polar surface area (TPSA) is 95.6 Å². The van der Waals surface area contributed by atoms with Crippen molar-refractivity contribution in [2.24, 2.45) is 0 Å². The van der Waals surface area contributed by atoms with Gasteiger partial charge in [0.1, 0.15) is 0 Å². The average molecular weight is 576 g/mol. The third kappa shape index (κ3) is 5.61. The fraction of sp³-hybridized carbons (Fsp3) is 0.136. The molecule has 36 heavy (non-hydrogen) atoms. The molecule has 0 spiro atoms. The zero-order valence-corrected chi connectivity index (χ0v) is 21.0. The molecule has 0 bridgehead atoms. The van der Waals surface area contributed by atoms with Gasteiger partial charge in [0.15, 0.2) is 11.0 Å². The van der Waals surface area contributed by atoms with Crippen molar-refractivity contribution in [2.75, 3.05) is 10.2 Å². The number of alkyl halides is 3. The van der Waals surface area contributed by atoms with Crippen molar-refractivity contribution < 1.29 is 31.8 Å². The SMILES string of the molecule is O=C(Nc1ccc(N2C(=O)Cc3ccc(C(F)(F)F)cc3C2=O)c(Cl)c1)NS(=O)C1=CCC=C(Cl)S1. The number of urea groups is 1. The van der Waals surface area contributed by atoms with Crippen LogP contribution in [0.2, 0.25) is 5.02 Å². The number of benzene rings is 2. The van der Waals surface area contributed by atoms with Crippen molar-refractivity contribution >= 4 is 75.2 Å². The second-order valence-electron chi connectivity index (χ2n) is 7.44. The Kier molecular flexibility index (Phi) is 7.51. The van der Waals surface area contributed by atoms with Gasteiger partial charge in [-0.25, -0.2) is 13.9 Å². The number of rotatable bonds is 4. The molecule has 2 aliphatic heterocycles. The summed E-state index contributed by atoms with van der Waals surface area (Å²) in [4.78, 5) is 38.6. The number of nitrogens with one attached hydrogen (secondary N) is 2. The first-order valence-electron chi connectivity index (χ1n) is 10.0. The number of fused-ring (bicyclic) bond motifs is 1. The predicted molar refractivity (Wildman–Crippen MR) is 133 cm³/mol. The molecule has 14 heteroatoms. The summed E-state index contributed by atoms with van der Waals surface area (Å²) in [5.74, 6) is -1.62. The van der Waals surface area contributed by atoms with Crippen LogP contribution in [0.1, 0.15) is 27.9 Å². The molecule has 0 aromatic heterocycles. The molecule has 2 heterocycles. The molecule has 2 aromatic carbocycles. The molecule has 2 N–H and O–H groups in total. The summed E-state index contributed by atoms with van der Waals surface area (Å²) < 4.78 is 54.7. The highest BCUT2D eigenvalue weighted by atomic mass is 35.5. The molecule has 0 saturated carbocycles. The van der Waals surface area contributed by atoms with Gasteiger partial charge in [-0.3, -0.25) is 14.3 Å². The number of thioether (sulfide) groups is 1. The Morgan fingerprint density at radius 1 is 1.08 bits per heavy atom. The molecule has 1 unspecified atom stereocenters. The van der Waals surface area contributed by atoms with Crippen molar-refractivity contribution in [1.82, 2.24) is 4.72 Å². The molecule has 0 saturated heterocycles. The fourth-order valence-corrected chi connectivity index (χ4v) is 5.98. The molecule has 0 aliphatic carbocycles. The van der Waals surface area contributed by atoms with Crippen LogP contribution in [-0.2, 0) is 28.4 Å². The summed E-state index contributed by atoms with van der Waals surface area (Å²) in [7, 11) is -1.86. The molecule has 188 valence electrons. The van der Waals surface area contributed by atoms with E-state index < -0.39 is 40.6 Å². The maximum atomic E-state index is 13.1. The summed E-state index contributed by atoms with van der Waals surface area (Å²) in [6, 6.07) is 5.66. The van der Waals surface area contributed by atoms with Crippen LogP contribution in [0.15, 0.2) is 57.2 Å². The predicted octanol–water partition coefficient (Wildman–Crippen LogP) is 5.93. The number of amides is 4. The van der Waals surface area contributed by atoms with Gasteiger partial charge in [0.2, 0.25) is 5.91 Å². The van der Waals surface area contributed by atoms with Gasteiger partial charge in [0.05, 0.1) is 31.3 Å². The third-order valence-electron chi connectivity index (χ3n) is 5.04. The molecular weight excluding hydrogens is 562 g/mol. The number of allylic oxidation sites excluding steroid dienone is 2. The number of nitrogens with zero attached hydrogens (tertiary/aromatic N) is 1. The standard InChI is InChI=1S/C22H14Cl2F3N3O4S2/c23-15-10-13(28-21(33)29-36(34)19-3-1-2-17(24)35-19)6-7-16(15)30-18(31)8-11-4-5-12(22(25,26)27)9-14(11)20(30)32/h2-7,9-10H,1,8H2,(H2,28,29,33). The van der Waals surface area contributed by atoms with Crippen LogP contribution in [0.5, 0.6) is 0 Å². The Morgan fingerprint density at radius 2 is 1.83 bits per heavy atom. The van der Waals surface area contributed by atoms with Gasteiger partial charge in [-0.05, 0) is 42.3 Å². The van der Waals surface area contributed by atoms with Gasteiger partial charge in [-0.15, -0.1) is 0 Å². The van der Waals surface area contributed by atoms with Crippen molar-refractivity contribution in [3.8, 4) is 0 Å². The highest BCUT2D eigenvalue weighted by Gasteiger charge is 2.37. The highest BCUT2D eigenvalue weighted by Crippen LogP contribution is 2.36. The normalized spacial score (nSPS) is 16.6. The number of hydrogen-bond donors (Lipinski definition) is 2. The molecule has 2 aliphatic rings. The lowest BCUT2D eigenvalue weighted by molar-refractivity contribution is -0.137. The largest absolute Gasteiger partial charge is 0.416 e. The number of carbonyl (C=O) groups excluding carboxylic acids is 3. The molecule has 0 fully saturated rings. The van der Waals surface area contributed by atoms with E-state index in [4.69, 9.17) is 23.2 Å². The first kappa shape index (κ1) is 26.3. The molecule has 2 aromatic rings. The minimum atomic E-state index is -4.66. The average Bonchev–Trinajstić information content (AvgIpc) is 2.79. The van der Waals surface area contributed by atoms with Crippen molar-refractivity contribution in [2.45, 2.75) is 19.0 Å². The van der Waals surface area contributed by atoms with Crippen LogP contribution in [-0.4, -0.2) is 22.1 Å². The summed E-state index contributed by atoms with van der Waals surface area (Å²) in [5.41, 5.74) is -1.00. The maximum absolute atomic E-state index is 13.1. The number of halogens is 5. The van der Waals surface area contributed by atoms with Crippen LogP contribution < -0.4 is 14.9 Å². The first-order chi connectivity index (χ1) is 16.9. The van der Waals surface area contributed by atoms with Gasteiger partial charge in [0.25, 0.3) is 5.91 Å². The van der Waals surface area contributed by atoms with E-state index in [-0.39, 0.29) is 33.9 Å². The molecule has 1 atom stereocenters. The van der Waals surface area contributed by atoms with E-state index in [2.05, 4.69) is 10.0 Å². The molecule has 4 rings (SSSR count). The van der Waals surface area contributed by atoms with E-state index in [9.17, 15) is 31.8 Å². The van der Waals surface area contributed by atoms with Gasteiger partial charge < -0.3 is 5.32 Å². The van der Waals surface area contributed by atoms with E-state index in [1.807, 2.05) is 0 Å². The van der Waals surface area contributed by atoms with Gasteiger partial charge in [-0.1, -0.05) is 53.2 Å².